The zero-order chi connectivity index (χ0) is 44.2. The molecule has 22 nitrogen and oxygen atoms in total. The number of carbonyl (C=O) groups excluding carboxylic acids is 8. The molecule has 24 heteroatoms. The lowest BCUT2D eigenvalue weighted by Crippen LogP contribution is -2.54. The molecular weight excluding hydrogens is 821 g/mol. The zero-order valence-electron chi connectivity index (χ0n) is 33.3. The molecule has 0 aliphatic carbocycles. The van der Waals surface area contributed by atoms with Gasteiger partial charge < -0.3 is 56.1 Å². The van der Waals surface area contributed by atoms with Crippen molar-refractivity contribution in [1.82, 2.24) is 30.7 Å². The van der Waals surface area contributed by atoms with E-state index in [0.717, 1.165) is 0 Å². The van der Waals surface area contributed by atoms with Gasteiger partial charge in [0.1, 0.15) is 31.1 Å². The minimum Gasteiger partial charge on any atom is -0.453 e. The molecule has 0 unspecified atom stereocenters. The molecule has 0 saturated heterocycles. The molecular formula is C35H56N8O14S2. The molecule has 0 heterocycles. The van der Waals surface area contributed by atoms with Crippen LogP contribution >= 0.6 is 12.6 Å². The molecule has 9 N–H and O–H groups in total. The average Bonchev–Trinajstić information content (AvgIpc) is 3.14. The first-order valence-electron chi connectivity index (χ1n) is 18.7. The van der Waals surface area contributed by atoms with Gasteiger partial charge in [-0.2, -0.15) is 13.1 Å². The molecule has 0 radical (unpaired) electrons. The van der Waals surface area contributed by atoms with Crippen LogP contribution in [0, 0.1) is 5.92 Å². The van der Waals surface area contributed by atoms with Crippen LogP contribution in [-0.4, -0.2) is 114 Å². The molecule has 0 aliphatic rings. The summed E-state index contributed by atoms with van der Waals surface area (Å²) >= 11 is 3.55. The van der Waals surface area contributed by atoms with Crippen LogP contribution < -0.4 is 41.8 Å². The molecule has 7 amide bonds. The zero-order valence-corrected chi connectivity index (χ0v) is 35.0. The molecule has 0 saturated carbocycles. The van der Waals surface area contributed by atoms with Crippen molar-refractivity contribution >= 4 is 75.5 Å². The van der Waals surface area contributed by atoms with Crippen molar-refractivity contribution in [3.63, 3.8) is 0 Å². The monoisotopic (exact) mass is 876 g/mol. The number of benzene rings is 1. The van der Waals surface area contributed by atoms with Crippen molar-refractivity contribution in [2.24, 2.45) is 11.7 Å². The predicted octanol–water partition coefficient (Wildman–Crippen LogP) is 1.11. The number of ether oxygens (including phenoxy) is 4. The second-order valence-corrected chi connectivity index (χ2v) is 15.0. The summed E-state index contributed by atoms with van der Waals surface area (Å²) < 4.78 is 47.8. The van der Waals surface area contributed by atoms with Crippen LogP contribution in [0.1, 0.15) is 71.3 Å². The number of carbonyl (C=O) groups is 8. The standard InChI is InChI=1S/C35H56N8O14S2/c1-23(2)29(31(47)41-27(9-4-5-15-38-32(36)48)30(46)40-26-13-11-25(12-14-26)22-57-35(51)58)42-33(49)56-21-20-54-19-17-39-59(52,53)43-34(50)55-18-7-16-37-28(45)10-6-8-24(3)44/h11-14,23,27,29,39H,4-10,15-22H2,1-3H3,(H,37,45)(H,40,46)(H,41,47)(H,42,49)(H,43,50)(H,51,58)(H3,36,38,48)/t27-,29-/m1/s1. The smallest absolute Gasteiger partial charge is 0.421 e. The van der Waals surface area contributed by atoms with E-state index in [9.17, 15) is 46.8 Å². The lowest BCUT2D eigenvalue weighted by Gasteiger charge is -2.25. The Hall–Kier alpha value is -5.20. The third kappa shape index (κ3) is 26.4. The third-order valence-electron chi connectivity index (χ3n) is 7.68. The maximum absolute atomic E-state index is 13.4. The Morgan fingerprint density at radius 3 is 2.07 bits per heavy atom. The molecule has 1 aromatic rings. The summed E-state index contributed by atoms with van der Waals surface area (Å²) in [6.07, 6.45) is -0.00113. The number of alkyl carbamates (subject to hydrolysis) is 1. The van der Waals surface area contributed by atoms with E-state index in [0.29, 0.717) is 36.9 Å². The van der Waals surface area contributed by atoms with Gasteiger partial charge in [-0.15, -0.1) is 0 Å². The highest BCUT2D eigenvalue weighted by molar-refractivity contribution is 7.96. The van der Waals surface area contributed by atoms with E-state index in [1.807, 2.05) is 0 Å². The first-order chi connectivity index (χ1) is 27.9. The van der Waals surface area contributed by atoms with Crippen LogP contribution in [0.15, 0.2) is 24.3 Å². The lowest BCUT2D eigenvalue weighted by molar-refractivity contribution is -0.128. The molecule has 0 aliphatic heterocycles. The maximum atomic E-state index is 13.4. The molecule has 0 fully saturated rings. The topological polar surface area (TPSA) is 318 Å². The Bertz CT molecular complexity index is 1650. The summed E-state index contributed by atoms with van der Waals surface area (Å²) in [6.45, 7) is 4.20. The normalized spacial score (nSPS) is 11.9. The average molecular weight is 877 g/mol. The molecule has 1 aromatic carbocycles. The number of unbranched alkanes of at least 4 members (excludes halogenated alkanes) is 1. The van der Waals surface area contributed by atoms with E-state index in [4.69, 9.17) is 24.7 Å². The molecule has 0 aromatic heterocycles. The number of ketones is 1. The largest absolute Gasteiger partial charge is 0.453 e. The van der Waals surface area contributed by atoms with Crippen molar-refractivity contribution in [2.75, 3.05) is 51.4 Å². The van der Waals surface area contributed by atoms with Crippen molar-refractivity contribution < 1.29 is 65.7 Å². The number of rotatable bonds is 29. The van der Waals surface area contributed by atoms with E-state index in [1.54, 1.807) is 42.8 Å². The number of primary amides is 1. The van der Waals surface area contributed by atoms with Crippen molar-refractivity contribution in [3.8, 4) is 0 Å². The van der Waals surface area contributed by atoms with Crippen molar-refractivity contribution in [1.29, 1.82) is 0 Å². The number of anilines is 1. The minimum atomic E-state index is -4.28. The predicted molar refractivity (Wildman–Crippen MR) is 215 cm³/mol. The van der Waals surface area contributed by atoms with Gasteiger partial charge in [-0.1, -0.05) is 38.6 Å². The number of Topliss-reactive ketones (excluding diaryl/α,β-unsaturated/α-hetero) is 1. The molecule has 2 atom stereocenters. The summed E-state index contributed by atoms with van der Waals surface area (Å²) in [5.74, 6) is -1.93. The van der Waals surface area contributed by atoms with Crippen LogP contribution in [0.5, 0.6) is 0 Å². The van der Waals surface area contributed by atoms with Gasteiger partial charge in [0.15, 0.2) is 0 Å². The first-order valence-corrected chi connectivity index (χ1v) is 20.6. The maximum Gasteiger partial charge on any atom is 0.421 e. The highest BCUT2D eigenvalue weighted by atomic mass is 32.2. The fourth-order valence-electron chi connectivity index (χ4n) is 4.75. The number of thiol groups is 1. The van der Waals surface area contributed by atoms with Gasteiger partial charge in [-0.25, -0.2) is 23.9 Å². The number of hydrogen-bond acceptors (Lipinski definition) is 14. The summed E-state index contributed by atoms with van der Waals surface area (Å²) in [6, 6.07) is 3.56. The van der Waals surface area contributed by atoms with Crippen LogP contribution in [0.25, 0.3) is 0 Å². The van der Waals surface area contributed by atoms with E-state index >= 15 is 0 Å². The molecule has 332 valence electrons. The quantitative estimate of drug-likeness (QED) is 0.0236. The summed E-state index contributed by atoms with van der Waals surface area (Å²) in [5.41, 5.74) is 6.14. The SMILES string of the molecule is CC(=O)CCCC(=O)NCCCOC(=O)NS(=O)(=O)NCCOCCOC(=O)N[C@@H](C(=O)N[C@H](CCCCNC(N)=O)C(=O)Nc1ccc(COC(=O)S)cc1)C(C)C. The Balaban J connectivity index is 2.50. The van der Waals surface area contributed by atoms with Crippen molar-refractivity contribution in [2.45, 2.75) is 84.4 Å². The Labute approximate surface area is 348 Å². The number of nitrogens with one attached hydrogen (secondary N) is 7. The van der Waals surface area contributed by atoms with E-state index in [1.165, 1.54) is 6.92 Å². The van der Waals surface area contributed by atoms with Gasteiger partial charge in [-0.3, -0.25) is 14.4 Å². The second-order valence-electron chi connectivity index (χ2n) is 13.1. The van der Waals surface area contributed by atoms with E-state index in [2.05, 4.69) is 43.9 Å². The van der Waals surface area contributed by atoms with Crippen LogP contribution in [0.2, 0.25) is 0 Å². The summed E-state index contributed by atoms with van der Waals surface area (Å²) in [7, 11) is -4.28. The molecule has 1 rings (SSSR count). The van der Waals surface area contributed by atoms with Gasteiger partial charge in [0, 0.05) is 38.2 Å². The van der Waals surface area contributed by atoms with Crippen LogP contribution in [-0.2, 0) is 54.9 Å². The minimum absolute atomic E-state index is 0.0117. The summed E-state index contributed by atoms with van der Waals surface area (Å²) in [5, 5.41) is 12.2. The molecule has 0 bridgehead atoms. The first kappa shape index (κ1) is 51.8. The Kier molecular flexibility index (Phi) is 25.5. The number of urea groups is 1. The van der Waals surface area contributed by atoms with Gasteiger partial charge in [-0.05, 0) is 62.6 Å². The highest BCUT2D eigenvalue weighted by Crippen LogP contribution is 2.13. The Morgan fingerprint density at radius 1 is 0.746 bits per heavy atom. The van der Waals surface area contributed by atoms with Gasteiger partial charge >= 0.3 is 33.7 Å². The van der Waals surface area contributed by atoms with Crippen LogP contribution in [0.3, 0.4) is 0 Å². The van der Waals surface area contributed by atoms with E-state index in [-0.39, 0.29) is 83.6 Å². The second kappa shape index (κ2) is 29.1. The fraction of sp³-hybridized carbons (Fsp3) is 0.600. The Morgan fingerprint density at radius 2 is 1.42 bits per heavy atom. The van der Waals surface area contributed by atoms with Gasteiger partial charge in [0.2, 0.25) is 17.7 Å². The number of hydrogen-bond donors (Lipinski definition) is 9. The third-order valence-corrected chi connectivity index (χ3v) is 8.83. The summed E-state index contributed by atoms with van der Waals surface area (Å²) in [4.78, 5) is 95.6. The number of amides is 7. The highest BCUT2D eigenvalue weighted by Gasteiger charge is 2.29. The van der Waals surface area contributed by atoms with Gasteiger partial charge in [0.05, 0.1) is 19.8 Å². The van der Waals surface area contributed by atoms with Crippen molar-refractivity contribution in [3.05, 3.63) is 29.8 Å². The molecule has 0 spiro atoms. The number of nitrogens with two attached hydrogens (primary N) is 1. The van der Waals surface area contributed by atoms with E-state index < -0.39 is 63.5 Å². The lowest BCUT2D eigenvalue weighted by atomic mass is 10.0. The fourth-order valence-corrected chi connectivity index (χ4v) is 5.51. The molecule has 59 heavy (non-hydrogen) atoms. The van der Waals surface area contributed by atoms with Gasteiger partial charge in [0.25, 0.3) is 0 Å². The van der Waals surface area contributed by atoms with Crippen LogP contribution in [0.4, 0.5) is 24.9 Å².